The van der Waals surface area contributed by atoms with Crippen molar-refractivity contribution in [2.45, 2.75) is 26.8 Å². The van der Waals surface area contributed by atoms with E-state index in [2.05, 4.69) is 21.2 Å². The van der Waals surface area contributed by atoms with E-state index in [-0.39, 0.29) is 18.0 Å². The number of para-hydroxylation sites is 2. The van der Waals surface area contributed by atoms with Crippen LogP contribution in [-0.4, -0.2) is 15.3 Å². The molecule has 0 spiro atoms. The lowest BCUT2D eigenvalue weighted by Gasteiger charge is -2.20. The third-order valence-electron chi connectivity index (χ3n) is 5.82. The van der Waals surface area contributed by atoms with Gasteiger partial charge in [-0.2, -0.15) is 0 Å². The number of carbonyl (C=O) groups is 1. The molecule has 0 radical (unpaired) electrons. The summed E-state index contributed by atoms with van der Waals surface area (Å²) in [5.41, 5.74) is 4.68. The zero-order valence-corrected chi connectivity index (χ0v) is 19.8. The SMILES string of the molecule is Cc1cccc(C)c1NC(=O)Cn1c2c(c(=O)n1-c1ccccc1)Cc1cc(Br)ccc1O2. The van der Waals surface area contributed by atoms with Crippen molar-refractivity contribution in [1.29, 1.82) is 0 Å². The second-order valence-electron chi connectivity index (χ2n) is 8.14. The molecule has 166 valence electrons. The number of aryl methyl sites for hydroxylation is 2. The Kier molecular flexibility index (Phi) is 5.42. The number of rotatable bonds is 4. The van der Waals surface area contributed by atoms with Crippen LogP contribution in [0.1, 0.15) is 22.3 Å². The number of hydrogen-bond acceptors (Lipinski definition) is 3. The maximum absolute atomic E-state index is 13.5. The number of benzene rings is 3. The Bertz CT molecular complexity index is 1420. The molecule has 2 heterocycles. The molecule has 0 fully saturated rings. The van der Waals surface area contributed by atoms with Crippen molar-refractivity contribution < 1.29 is 9.53 Å². The van der Waals surface area contributed by atoms with Gasteiger partial charge < -0.3 is 10.1 Å². The molecule has 1 aliphatic rings. The average molecular weight is 504 g/mol. The van der Waals surface area contributed by atoms with E-state index in [0.29, 0.717) is 29.3 Å². The molecule has 0 bridgehead atoms. The lowest BCUT2D eigenvalue weighted by atomic mass is 10.0. The predicted molar refractivity (Wildman–Crippen MR) is 132 cm³/mol. The summed E-state index contributed by atoms with van der Waals surface area (Å²) >= 11 is 3.48. The molecule has 1 amide bonds. The van der Waals surface area contributed by atoms with Gasteiger partial charge in [0.2, 0.25) is 11.8 Å². The summed E-state index contributed by atoms with van der Waals surface area (Å²) in [5, 5.41) is 3.01. The maximum atomic E-state index is 13.5. The van der Waals surface area contributed by atoms with Crippen LogP contribution in [0.2, 0.25) is 0 Å². The Balaban J connectivity index is 1.59. The molecular weight excluding hydrogens is 482 g/mol. The van der Waals surface area contributed by atoms with Gasteiger partial charge in [-0.3, -0.25) is 9.59 Å². The number of ether oxygens (including phenoxy) is 1. The summed E-state index contributed by atoms with van der Waals surface area (Å²) in [5.74, 6) is 0.843. The number of carbonyl (C=O) groups excluding carboxylic acids is 1. The van der Waals surface area contributed by atoms with E-state index in [1.54, 1.807) is 4.68 Å². The Labute approximate surface area is 199 Å². The predicted octanol–water partition coefficient (Wildman–Crippen LogP) is 5.35. The van der Waals surface area contributed by atoms with Crippen molar-refractivity contribution in [2.24, 2.45) is 0 Å². The van der Waals surface area contributed by atoms with Crippen molar-refractivity contribution in [1.82, 2.24) is 9.36 Å². The van der Waals surface area contributed by atoms with Gasteiger partial charge in [0.1, 0.15) is 12.3 Å². The van der Waals surface area contributed by atoms with Gasteiger partial charge in [-0.15, -0.1) is 0 Å². The van der Waals surface area contributed by atoms with Crippen molar-refractivity contribution in [3.05, 3.63) is 104 Å². The number of fused-ring (bicyclic) bond motifs is 2. The van der Waals surface area contributed by atoms with Crippen molar-refractivity contribution in [3.63, 3.8) is 0 Å². The number of nitrogens with zero attached hydrogens (tertiary/aromatic N) is 2. The van der Waals surface area contributed by atoms with E-state index < -0.39 is 0 Å². The van der Waals surface area contributed by atoms with Crippen LogP contribution in [0.4, 0.5) is 5.69 Å². The standard InChI is InChI=1S/C26H22BrN3O3/c1-16-7-6-8-17(2)24(16)28-23(31)15-29-26-21(14-18-13-19(27)11-12-22(18)33-26)25(32)30(29)20-9-4-3-5-10-20/h3-13H,14-15H2,1-2H3,(H,28,31). The van der Waals surface area contributed by atoms with Crippen molar-refractivity contribution in [2.75, 3.05) is 5.32 Å². The van der Waals surface area contributed by atoms with Gasteiger partial charge in [-0.05, 0) is 55.3 Å². The molecule has 33 heavy (non-hydrogen) atoms. The smallest absolute Gasteiger partial charge is 0.278 e. The fourth-order valence-electron chi connectivity index (χ4n) is 4.22. The molecule has 0 aliphatic carbocycles. The molecule has 0 atom stereocenters. The van der Waals surface area contributed by atoms with Crippen molar-refractivity contribution in [3.8, 4) is 17.3 Å². The molecule has 0 unspecified atom stereocenters. The zero-order valence-electron chi connectivity index (χ0n) is 18.3. The minimum atomic E-state index is -0.236. The minimum absolute atomic E-state index is 0.0703. The summed E-state index contributed by atoms with van der Waals surface area (Å²) in [6.45, 7) is 3.84. The van der Waals surface area contributed by atoms with Crippen LogP contribution >= 0.6 is 15.9 Å². The first kappa shape index (κ1) is 21.3. The first-order valence-electron chi connectivity index (χ1n) is 10.6. The number of nitrogens with one attached hydrogen (secondary N) is 1. The Hall–Kier alpha value is -3.58. The number of halogens is 1. The highest BCUT2D eigenvalue weighted by atomic mass is 79.9. The normalized spacial score (nSPS) is 12.0. The fraction of sp³-hybridized carbons (Fsp3) is 0.154. The monoisotopic (exact) mass is 503 g/mol. The van der Waals surface area contributed by atoms with Crippen LogP contribution in [0.5, 0.6) is 11.6 Å². The minimum Gasteiger partial charge on any atom is -0.439 e. The van der Waals surface area contributed by atoms with E-state index >= 15 is 0 Å². The van der Waals surface area contributed by atoms with Crippen LogP contribution in [0.25, 0.3) is 5.69 Å². The largest absolute Gasteiger partial charge is 0.439 e. The van der Waals surface area contributed by atoms with Gasteiger partial charge in [0.15, 0.2) is 0 Å². The summed E-state index contributed by atoms with van der Waals surface area (Å²) in [6, 6.07) is 20.9. The first-order chi connectivity index (χ1) is 15.9. The highest BCUT2D eigenvalue weighted by Gasteiger charge is 2.29. The van der Waals surface area contributed by atoms with E-state index in [9.17, 15) is 9.59 Å². The molecule has 7 heteroatoms. The molecule has 5 rings (SSSR count). The number of anilines is 1. The zero-order chi connectivity index (χ0) is 23.1. The highest BCUT2D eigenvalue weighted by molar-refractivity contribution is 9.10. The van der Waals surface area contributed by atoms with E-state index in [0.717, 1.165) is 26.9 Å². The van der Waals surface area contributed by atoms with Gasteiger partial charge in [0.05, 0.1) is 11.3 Å². The molecule has 1 aromatic heterocycles. The van der Waals surface area contributed by atoms with E-state index in [4.69, 9.17) is 4.74 Å². The van der Waals surface area contributed by atoms with Gasteiger partial charge in [-0.1, -0.05) is 52.3 Å². The van der Waals surface area contributed by atoms with Gasteiger partial charge in [0.25, 0.3) is 5.56 Å². The van der Waals surface area contributed by atoms with Gasteiger partial charge >= 0.3 is 0 Å². The second kappa shape index (κ2) is 8.41. The quantitative estimate of drug-likeness (QED) is 0.359. The van der Waals surface area contributed by atoms with Crippen LogP contribution in [0.3, 0.4) is 0 Å². The highest BCUT2D eigenvalue weighted by Crippen LogP contribution is 2.37. The summed E-state index contributed by atoms with van der Waals surface area (Å²) in [4.78, 5) is 26.6. The van der Waals surface area contributed by atoms with Crippen LogP contribution < -0.4 is 15.6 Å². The third-order valence-corrected chi connectivity index (χ3v) is 6.31. The Morgan fingerprint density at radius 1 is 1.03 bits per heavy atom. The van der Waals surface area contributed by atoms with E-state index in [1.165, 1.54) is 4.68 Å². The Morgan fingerprint density at radius 3 is 2.48 bits per heavy atom. The summed E-state index contributed by atoms with van der Waals surface area (Å²) in [7, 11) is 0. The molecule has 6 nitrogen and oxygen atoms in total. The third kappa shape index (κ3) is 3.89. The van der Waals surface area contributed by atoms with Gasteiger partial charge in [-0.25, -0.2) is 9.36 Å². The van der Waals surface area contributed by atoms with Crippen LogP contribution in [0, 0.1) is 13.8 Å². The molecule has 0 saturated carbocycles. The van der Waals surface area contributed by atoms with E-state index in [1.807, 2.05) is 80.6 Å². The first-order valence-corrected chi connectivity index (χ1v) is 11.4. The second-order valence-corrected chi connectivity index (χ2v) is 9.06. The van der Waals surface area contributed by atoms with Crippen LogP contribution in [-0.2, 0) is 17.8 Å². The number of hydrogen-bond donors (Lipinski definition) is 1. The average Bonchev–Trinajstić information content (AvgIpc) is 3.06. The summed E-state index contributed by atoms with van der Waals surface area (Å²) in [6.07, 6.45) is 0.432. The lowest BCUT2D eigenvalue weighted by Crippen LogP contribution is -2.27. The maximum Gasteiger partial charge on any atom is 0.278 e. The summed E-state index contributed by atoms with van der Waals surface area (Å²) < 4.78 is 10.3. The molecule has 0 saturated heterocycles. The molecular formula is C26H22BrN3O3. The van der Waals surface area contributed by atoms with Crippen LogP contribution in [0.15, 0.2) is 76.0 Å². The van der Waals surface area contributed by atoms with Gasteiger partial charge in [0, 0.05) is 22.1 Å². The molecule has 1 aliphatic heterocycles. The van der Waals surface area contributed by atoms with Crippen molar-refractivity contribution >= 4 is 27.5 Å². The fourth-order valence-corrected chi connectivity index (χ4v) is 4.62. The lowest BCUT2D eigenvalue weighted by molar-refractivity contribution is -0.117. The number of aromatic nitrogens is 2. The number of amides is 1. The molecule has 3 aromatic carbocycles. The topological polar surface area (TPSA) is 65.3 Å². The molecule has 4 aromatic rings. The Morgan fingerprint density at radius 2 is 1.76 bits per heavy atom. The molecule has 1 N–H and O–H groups in total.